The van der Waals surface area contributed by atoms with Crippen LogP contribution in [-0.2, 0) is 4.79 Å². The van der Waals surface area contributed by atoms with Crippen molar-refractivity contribution in [2.24, 2.45) is 0 Å². The highest BCUT2D eigenvalue weighted by Gasteiger charge is 2.34. The molecule has 1 atom stereocenters. The summed E-state index contributed by atoms with van der Waals surface area (Å²) in [6, 6.07) is 16.2. The molecule has 0 bridgehead atoms. The van der Waals surface area contributed by atoms with Gasteiger partial charge in [-0.05, 0) is 67.6 Å². The summed E-state index contributed by atoms with van der Waals surface area (Å²) in [5.41, 5.74) is 2.61. The SMILES string of the molecule is C#CC(=O)N1CCCC(NC(=O)c2sc3nccc4c3c2NC(=O)N4c2ccc(Oc3ccccc3)cc2C)C1. The zero-order valence-corrected chi connectivity index (χ0v) is 22.5. The van der Waals surface area contributed by atoms with Gasteiger partial charge in [-0.25, -0.2) is 9.78 Å². The van der Waals surface area contributed by atoms with Gasteiger partial charge in [-0.15, -0.1) is 17.8 Å². The number of carbonyl (C=O) groups excluding carboxylic acids is 3. The molecule has 1 saturated heterocycles. The number of hydrogen-bond donors (Lipinski definition) is 2. The van der Waals surface area contributed by atoms with Crippen LogP contribution in [0, 0.1) is 19.3 Å². The number of carbonyl (C=O) groups is 3. The van der Waals surface area contributed by atoms with Crippen molar-refractivity contribution in [1.82, 2.24) is 15.2 Å². The molecule has 0 aliphatic carbocycles. The summed E-state index contributed by atoms with van der Waals surface area (Å²) in [6.07, 6.45) is 8.38. The number of piperidine rings is 1. The van der Waals surface area contributed by atoms with E-state index in [9.17, 15) is 14.4 Å². The van der Waals surface area contributed by atoms with Crippen LogP contribution in [-0.4, -0.2) is 46.9 Å². The van der Waals surface area contributed by atoms with E-state index in [1.165, 1.54) is 11.3 Å². The van der Waals surface area contributed by atoms with Crippen molar-refractivity contribution in [2.75, 3.05) is 23.3 Å². The quantitative estimate of drug-likeness (QED) is 0.322. The van der Waals surface area contributed by atoms with Crippen LogP contribution in [0.3, 0.4) is 0 Å². The first-order valence-corrected chi connectivity index (χ1v) is 13.7. The van der Waals surface area contributed by atoms with Gasteiger partial charge in [-0.2, -0.15) is 0 Å². The minimum atomic E-state index is -0.382. The van der Waals surface area contributed by atoms with Gasteiger partial charge in [-0.3, -0.25) is 14.5 Å². The number of anilines is 3. The molecule has 1 unspecified atom stereocenters. The molecule has 4 amide bonds. The largest absolute Gasteiger partial charge is 0.457 e. The van der Waals surface area contributed by atoms with Crippen LogP contribution in [0.25, 0.3) is 10.2 Å². The Kier molecular flexibility index (Phi) is 6.58. The fourth-order valence-electron chi connectivity index (χ4n) is 5.17. The molecule has 2 aromatic carbocycles. The fourth-order valence-corrected chi connectivity index (χ4v) is 6.19. The molecule has 0 spiro atoms. The van der Waals surface area contributed by atoms with Gasteiger partial charge < -0.3 is 20.3 Å². The van der Waals surface area contributed by atoms with E-state index in [-0.39, 0.29) is 23.9 Å². The van der Waals surface area contributed by atoms with Gasteiger partial charge in [0.1, 0.15) is 21.2 Å². The summed E-state index contributed by atoms with van der Waals surface area (Å²) in [6.45, 7) is 2.84. The summed E-state index contributed by atoms with van der Waals surface area (Å²) < 4.78 is 5.96. The van der Waals surface area contributed by atoms with Crippen LogP contribution in [0.1, 0.15) is 28.1 Å². The average molecular weight is 552 g/mol. The number of ether oxygens (including phenoxy) is 1. The third-order valence-electron chi connectivity index (χ3n) is 7.01. The van der Waals surface area contributed by atoms with Crippen molar-refractivity contribution in [1.29, 1.82) is 0 Å². The van der Waals surface area contributed by atoms with Gasteiger partial charge in [-0.1, -0.05) is 18.2 Å². The number of amides is 4. The predicted molar refractivity (Wildman–Crippen MR) is 154 cm³/mol. The number of nitrogens with zero attached hydrogens (tertiary/aromatic N) is 3. The molecular weight excluding hydrogens is 526 g/mol. The Morgan fingerprint density at radius 1 is 1.15 bits per heavy atom. The van der Waals surface area contributed by atoms with E-state index in [0.717, 1.165) is 24.2 Å². The van der Waals surface area contributed by atoms with E-state index in [1.54, 1.807) is 22.1 Å². The van der Waals surface area contributed by atoms with Crippen molar-refractivity contribution in [3.63, 3.8) is 0 Å². The zero-order valence-electron chi connectivity index (χ0n) is 21.6. The molecule has 2 aliphatic heterocycles. The predicted octanol–water partition coefficient (Wildman–Crippen LogP) is 5.43. The van der Waals surface area contributed by atoms with E-state index >= 15 is 0 Å². The fraction of sp³-hybridized carbons (Fsp3) is 0.200. The number of likely N-dealkylation sites (tertiary alicyclic amines) is 1. The summed E-state index contributed by atoms with van der Waals surface area (Å²) in [5.74, 6) is 2.81. The summed E-state index contributed by atoms with van der Waals surface area (Å²) in [5, 5.41) is 6.65. The number of aromatic nitrogens is 1. The molecule has 4 aromatic rings. The lowest BCUT2D eigenvalue weighted by atomic mass is 10.1. The number of nitrogens with one attached hydrogen (secondary N) is 2. The normalized spacial score (nSPS) is 16.3. The lowest BCUT2D eigenvalue weighted by molar-refractivity contribution is -0.126. The topological polar surface area (TPSA) is 104 Å². The molecule has 0 saturated carbocycles. The van der Waals surface area contributed by atoms with E-state index in [0.29, 0.717) is 51.0 Å². The van der Waals surface area contributed by atoms with Crippen LogP contribution in [0.15, 0.2) is 60.8 Å². The minimum absolute atomic E-state index is 0.238. The molecule has 1 fully saturated rings. The van der Waals surface area contributed by atoms with Gasteiger partial charge in [0.15, 0.2) is 0 Å². The van der Waals surface area contributed by atoms with E-state index in [1.807, 2.05) is 55.5 Å². The average Bonchev–Trinajstić information content (AvgIpc) is 3.33. The van der Waals surface area contributed by atoms with E-state index < -0.39 is 0 Å². The maximum Gasteiger partial charge on any atom is 0.331 e. The molecule has 2 N–H and O–H groups in total. The van der Waals surface area contributed by atoms with Gasteiger partial charge in [0.2, 0.25) is 0 Å². The summed E-state index contributed by atoms with van der Waals surface area (Å²) >= 11 is 1.22. The number of urea groups is 1. The van der Waals surface area contributed by atoms with Crippen molar-refractivity contribution >= 4 is 56.5 Å². The van der Waals surface area contributed by atoms with Gasteiger partial charge in [0.05, 0.1) is 22.4 Å². The highest BCUT2D eigenvalue weighted by molar-refractivity contribution is 7.21. The standard InChI is InChI=1S/C30H25N5O4S/c1-3-24(36)34-15-7-8-19(17-34)32-28(37)27-26-25-23(13-14-31-29(25)40-27)35(30(38)33-26)22-12-11-21(16-18(22)2)39-20-9-5-4-6-10-20/h1,4-6,9-14,16,19H,7-8,15,17H2,2H3,(H,32,37)(H,33,38). The maximum absolute atomic E-state index is 13.5. The van der Waals surface area contributed by atoms with Crippen LogP contribution in [0.5, 0.6) is 11.5 Å². The Balaban J connectivity index is 1.29. The van der Waals surface area contributed by atoms with Gasteiger partial charge in [0, 0.05) is 25.3 Å². The first kappa shape index (κ1) is 25.4. The number of hydrogen-bond acceptors (Lipinski definition) is 6. The van der Waals surface area contributed by atoms with Crippen molar-refractivity contribution in [3.8, 4) is 23.8 Å². The van der Waals surface area contributed by atoms with E-state index in [2.05, 4.69) is 21.5 Å². The first-order valence-electron chi connectivity index (χ1n) is 12.9. The number of para-hydroxylation sites is 1. The molecule has 40 heavy (non-hydrogen) atoms. The molecule has 0 radical (unpaired) electrons. The number of thiophene rings is 1. The Morgan fingerprint density at radius 2 is 1.98 bits per heavy atom. The number of rotatable bonds is 5. The van der Waals surface area contributed by atoms with Crippen LogP contribution in [0.4, 0.5) is 21.9 Å². The summed E-state index contributed by atoms with van der Waals surface area (Å²) in [4.78, 5) is 47.5. The molecule has 2 aromatic heterocycles. The minimum Gasteiger partial charge on any atom is -0.457 e. The van der Waals surface area contributed by atoms with Crippen LogP contribution in [0.2, 0.25) is 0 Å². The smallest absolute Gasteiger partial charge is 0.331 e. The molecule has 10 heteroatoms. The third kappa shape index (κ3) is 4.61. The Hall–Kier alpha value is -4.88. The monoisotopic (exact) mass is 551 g/mol. The molecule has 2 aliphatic rings. The number of benzene rings is 2. The van der Waals surface area contributed by atoms with Crippen LogP contribution < -0.4 is 20.3 Å². The highest BCUT2D eigenvalue weighted by atomic mass is 32.1. The maximum atomic E-state index is 13.5. The molecule has 9 nitrogen and oxygen atoms in total. The summed E-state index contributed by atoms with van der Waals surface area (Å²) in [7, 11) is 0. The van der Waals surface area contributed by atoms with Gasteiger partial charge >= 0.3 is 6.03 Å². The van der Waals surface area contributed by atoms with E-state index in [4.69, 9.17) is 11.2 Å². The zero-order chi connectivity index (χ0) is 27.8. The lowest BCUT2D eigenvalue weighted by Gasteiger charge is -2.32. The molecular formula is C30H25N5O4S. The van der Waals surface area contributed by atoms with Crippen molar-refractivity contribution in [2.45, 2.75) is 25.8 Å². The second-order valence-electron chi connectivity index (χ2n) is 9.65. The van der Waals surface area contributed by atoms with Crippen LogP contribution >= 0.6 is 11.3 Å². The Bertz CT molecular complexity index is 1690. The Labute approximate surface area is 234 Å². The number of aryl methyl sites for hydroxylation is 1. The molecule has 6 rings (SSSR count). The number of pyridine rings is 1. The second-order valence-corrected chi connectivity index (χ2v) is 10.7. The number of terminal acetylenes is 1. The Morgan fingerprint density at radius 3 is 2.75 bits per heavy atom. The van der Waals surface area contributed by atoms with Gasteiger partial charge in [0.25, 0.3) is 11.8 Å². The lowest BCUT2D eigenvalue weighted by Crippen LogP contribution is -2.49. The first-order chi connectivity index (χ1) is 19.4. The van der Waals surface area contributed by atoms with Crippen molar-refractivity contribution < 1.29 is 19.1 Å². The third-order valence-corrected chi connectivity index (χ3v) is 8.10. The van der Waals surface area contributed by atoms with Crippen molar-refractivity contribution in [3.05, 3.63) is 71.2 Å². The molecule has 200 valence electrons. The molecule has 4 heterocycles. The second kappa shape index (κ2) is 10.4. The highest BCUT2D eigenvalue weighted by Crippen LogP contribution is 2.46.